The van der Waals surface area contributed by atoms with Crippen LogP contribution < -0.4 is 10.1 Å². The largest absolute Gasteiger partial charge is 0.489 e. The van der Waals surface area contributed by atoms with Gasteiger partial charge in [-0.1, -0.05) is 41.4 Å². The Hall–Kier alpha value is -2.36. The van der Waals surface area contributed by atoms with Crippen molar-refractivity contribution in [2.24, 2.45) is 0 Å². The maximum Gasteiger partial charge on any atom is 0.329 e. The number of hydrogen-bond acceptors (Lipinski definition) is 7. The molecule has 0 spiro atoms. The lowest BCUT2D eigenvalue weighted by molar-refractivity contribution is -0.159. The summed E-state index contributed by atoms with van der Waals surface area (Å²) in [6.45, 7) is 4.95. The molecule has 10 heteroatoms. The molecule has 8 nitrogen and oxygen atoms in total. The van der Waals surface area contributed by atoms with E-state index in [9.17, 15) is 14.7 Å². The summed E-state index contributed by atoms with van der Waals surface area (Å²) >= 11 is 12.4. The number of ether oxygens (including phenoxy) is 4. The van der Waals surface area contributed by atoms with Crippen LogP contribution in [0.15, 0.2) is 42.5 Å². The molecule has 190 valence electrons. The molecule has 1 aliphatic rings. The first-order valence-corrected chi connectivity index (χ1v) is 11.8. The Morgan fingerprint density at radius 3 is 2.37 bits per heavy atom. The molecular formula is C25H29Cl2NO7. The van der Waals surface area contributed by atoms with Crippen molar-refractivity contribution in [3.63, 3.8) is 0 Å². The second kappa shape index (κ2) is 12.1. The second-order valence-corrected chi connectivity index (χ2v) is 9.84. The number of benzene rings is 2. The van der Waals surface area contributed by atoms with Crippen LogP contribution in [0.25, 0.3) is 0 Å². The highest BCUT2D eigenvalue weighted by Gasteiger charge is 2.37. The van der Waals surface area contributed by atoms with Gasteiger partial charge in [-0.15, -0.1) is 0 Å². The maximum atomic E-state index is 12.8. The van der Waals surface area contributed by atoms with Gasteiger partial charge in [0.25, 0.3) is 5.91 Å². The van der Waals surface area contributed by atoms with Crippen molar-refractivity contribution in [1.82, 2.24) is 5.32 Å². The van der Waals surface area contributed by atoms with Crippen LogP contribution in [0.3, 0.4) is 0 Å². The molecule has 1 amide bonds. The minimum atomic E-state index is -1.02. The van der Waals surface area contributed by atoms with Crippen LogP contribution in [0, 0.1) is 0 Å². The Balaban J connectivity index is 1.68. The van der Waals surface area contributed by atoms with Crippen LogP contribution >= 0.6 is 23.2 Å². The lowest BCUT2D eigenvalue weighted by Crippen LogP contribution is -2.51. The fourth-order valence-electron chi connectivity index (χ4n) is 3.39. The molecule has 1 aliphatic heterocycles. The van der Waals surface area contributed by atoms with Crippen LogP contribution in [0.4, 0.5) is 0 Å². The highest BCUT2D eigenvalue weighted by molar-refractivity contribution is 6.35. The summed E-state index contributed by atoms with van der Waals surface area (Å²) in [6.07, 6.45) is -1.64. The summed E-state index contributed by atoms with van der Waals surface area (Å²) in [5.74, 6) is -0.558. The van der Waals surface area contributed by atoms with Crippen molar-refractivity contribution in [2.75, 3.05) is 13.4 Å². The van der Waals surface area contributed by atoms with Crippen LogP contribution in [0.2, 0.25) is 10.0 Å². The first kappa shape index (κ1) is 27.2. The van der Waals surface area contributed by atoms with E-state index in [2.05, 4.69) is 5.32 Å². The van der Waals surface area contributed by atoms with Gasteiger partial charge in [-0.25, -0.2) is 4.79 Å². The van der Waals surface area contributed by atoms with Gasteiger partial charge >= 0.3 is 5.97 Å². The molecule has 1 saturated heterocycles. The standard InChI is InChI=1S/C25H29Cl2NO7/c1-25(2,3)35-24(31)20(28-23(30)22-21(12-29)33-14-34-22)11-15-7-9-16(10-8-15)32-13-17-18(26)5-4-6-19(17)27/h4-10,20-22,29H,11-14H2,1-3H3,(H,28,30)/t20?,21-,22+/m0/s1. The van der Waals surface area contributed by atoms with Crippen molar-refractivity contribution >= 4 is 35.1 Å². The van der Waals surface area contributed by atoms with E-state index in [-0.39, 0.29) is 26.4 Å². The summed E-state index contributed by atoms with van der Waals surface area (Å²) in [5, 5.41) is 13.1. The zero-order valence-electron chi connectivity index (χ0n) is 19.8. The number of carbonyl (C=O) groups excluding carboxylic acids is 2. The minimum absolute atomic E-state index is 0.110. The fourth-order valence-corrected chi connectivity index (χ4v) is 3.90. The number of carbonyl (C=O) groups is 2. The lowest BCUT2D eigenvalue weighted by atomic mass is 10.0. The number of rotatable bonds is 9. The monoisotopic (exact) mass is 525 g/mol. The number of esters is 1. The Labute approximate surface area is 214 Å². The predicted octanol–water partition coefficient (Wildman–Crippen LogP) is 3.68. The van der Waals surface area contributed by atoms with Gasteiger partial charge in [-0.3, -0.25) is 4.79 Å². The molecule has 0 aromatic heterocycles. The SMILES string of the molecule is CC(C)(C)OC(=O)C(Cc1ccc(OCc2c(Cl)cccc2Cl)cc1)NC(=O)[C@@H]1OCO[C@H]1CO. The van der Waals surface area contributed by atoms with Crippen molar-refractivity contribution in [3.05, 3.63) is 63.6 Å². The number of nitrogens with one attached hydrogen (secondary N) is 1. The topological polar surface area (TPSA) is 103 Å². The van der Waals surface area contributed by atoms with Gasteiger partial charge in [0.1, 0.15) is 36.9 Å². The summed E-state index contributed by atoms with van der Waals surface area (Å²) < 4.78 is 21.7. The Morgan fingerprint density at radius 1 is 1.11 bits per heavy atom. The molecule has 0 saturated carbocycles. The predicted molar refractivity (Wildman–Crippen MR) is 130 cm³/mol. The zero-order valence-corrected chi connectivity index (χ0v) is 21.3. The highest BCUT2D eigenvalue weighted by Crippen LogP contribution is 2.26. The number of aliphatic hydroxyl groups excluding tert-OH is 1. The third-order valence-electron chi connectivity index (χ3n) is 5.12. The number of amides is 1. The van der Waals surface area contributed by atoms with Crippen LogP contribution in [0.1, 0.15) is 31.9 Å². The van der Waals surface area contributed by atoms with Gasteiger partial charge in [0.2, 0.25) is 0 Å². The molecule has 0 aliphatic carbocycles. The minimum Gasteiger partial charge on any atom is -0.489 e. The van der Waals surface area contributed by atoms with Crippen molar-refractivity contribution in [2.45, 2.75) is 57.6 Å². The smallest absolute Gasteiger partial charge is 0.329 e. The maximum absolute atomic E-state index is 12.8. The molecule has 1 unspecified atom stereocenters. The number of aliphatic hydroxyl groups is 1. The van der Waals surface area contributed by atoms with Crippen molar-refractivity contribution < 1.29 is 33.6 Å². The molecule has 0 radical (unpaired) electrons. The fraction of sp³-hybridized carbons (Fsp3) is 0.440. The van der Waals surface area contributed by atoms with E-state index in [1.165, 1.54) is 0 Å². The average molecular weight is 526 g/mol. The van der Waals surface area contributed by atoms with Gasteiger partial charge < -0.3 is 29.4 Å². The number of hydrogen-bond donors (Lipinski definition) is 2. The Kier molecular flexibility index (Phi) is 9.38. The van der Waals surface area contributed by atoms with E-state index >= 15 is 0 Å². The molecule has 2 aromatic carbocycles. The summed E-state index contributed by atoms with van der Waals surface area (Å²) in [6, 6.07) is 11.4. The van der Waals surface area contributed by atoms with Crippen molar-refractivity contribution in [3.8, 4) is 5.75 Å². The molecule has 1 heterocycles. The van der Waals surface area contributed by atoms with Gasteiger partial charge in [0.15, 0.2) is 6.10 Å². The van der Waals surface area contributed by atoms with Gasteiger partial charge in [0, 0.05) is 22.0 Å². The first-order valence-electron chi connectivity index (χ1n) is 11.1. The molecule has 35 heavy (non-hydrogen) atoms. The summed E-state index contributed by atoms with van der Waals surface area (Å²) in [4.78, 5) is 25.6. The average Bonchev–Trinajstić information content (AvgIpc) is 3.27. The van der Waals surface area contributed by atoms with E-state index < -0.39 is 35.7 Å². The lowest BCUT2D eigenvalue weighted by Gasteiger charge is -2.26. The summed E-state index contributed by atoms with van der Waals surface area (Å²) in [5.41, 5.74) is 0.719. The van der Waals surface area contributed by atoms with E-state index in [1.54, 1.807) is 63.2 Å². The zero-order chi connectivity index (χ0) is 25.6. The van der Waals surface area contributed by atoms with E-state index in [0.717, 1.165) is 5.56 Å². The highest BCUT2D eigenvalue weighted by atomic mass is 35.5. The van der Waals surface area contributed by atoms with Gasteiger partial charge in [-0.05, 0) is 50.6 Å². The van der Waals surface area contributed by atoms with E-state index in [4.69, 9.17) is 42.1 Å². The van der Waals surface area contributed by atoms with Crippen LogP contribution in [0.5, 0.6) is 5.75 Å². The number of halogens is 2. The molecule has 3 rings (SSSR count). The van der Waals surface area contributed by atoms with E-state index in [1.807, 2.05) is 0 Å². The molecule has 0 bridgehead atoms. The third-order valence-corrected chi connectivity index (χ3v) is 5.83. The van der Waals surface area contributed by atoms with Gasteiger partial charge in [-0.2, -0.15) is 0 Å². The van der Waals surface area contributed by atoms with Crippen LogP contribution in [-0.2, 0) is 36.8 Å². The first-order chi connectivity index (χ1) is 16.6. The molecule has 3 atom stereocenters. The van der Waals surface area contributed by atoms with Crippen LogP contribution in [-0.4, -0.2) is 54.2 Å². The molecule has 2 aromatic rings. The molecule has 2 N–H and O–H groups in total. The molecular weight excluding hydrogens is 497 g/mol. The van der Waals surface area contributed by atoms with Gasteiger partial charge in [0.05, 0.1) is 6.61 Å². The normalized spacial score (nSPS) is 18.7. The third kappa shape index (κ3) is 7.81. The quantitative estimate of drug-likeness (QED) is 0.481. The Bertz CT molecular complexity index is 1000. The summed E-state index contributed by atoms with van der Waals surface area (Å²) in [7, 11) is 0. The second-order valence-electron chi connectivity index (χ2n) is 9.02. The molecule has 1 fully saturated rings. The van der Waals surface area contributed by atoms with E-state index in [0.29, 0.717) is 21.4 Å². The van der Waals surface area contributed by atoms with Crippen molar-refractivity contribution in [1.29, 1.82) is 0 Å². The Morgan fingerprint density at radius 2 is 1.77 bits per heavy atom.